The van der Waals surface area contributed by atoms with Crippen LogP contribution in [0.2, 0.25) is 0 Å². The molecule has 158 valence electrons. The van der Waals surface area contributed by atoms with E-state index in [9.17, 15) is 13.2 Å². The number of ether oxygens (including phenoxy) is 2. The Morgan fingerprint density at radius 3 is 2.77 bits per heavy atom. The van der Waals surface area contributed by atoms with Gasteiger partial charge in [-0.2, -0.15) is 18.2 Å². The Kier molecular flexibility index (Phi) is 5.12. The first-order chi connectivity index (χ1) is 14.5. The Balaban J connectivity index is 1.53. The van der Waals surface area contributed by atoms with Gasteiger partial charge in [-0.3, -0.25) is 4.90 Å². The summed E-state index contributed by atoms with van der Waals surface area (Å²) >= 11 is 1.64. The number of aromatic nitrogens is 2. The van der Waals surface area contributed by atoms with Crippen LogP contribution in [0.25, 0.3) is 10.2 Å². The number of morpholine rings is 1. The molecule has 1 aliphatic heterocycles. The Morgan fingerprint density at radius 1 is 1.13 bits per heavy atom. The topological polar surface area (TPSA) is 47.5 Å². The average Bonchev–Trinajstić information content (AvgIpc) is 3.29. The minimum atomic E-state index is -4.43. The van der Waals surface area contributed by atoms with Crippen molar-refractivity contribution in [3.63, 3.8) is 0 Å². The van der Waals surface area contributed by atoms with Gasteiger partial charge in [0.25, 0.3) is 0 Å². The molecule has 3 heterocycles. The molecular formula is C21H20F3N3O2S. The molecule has 0 radical (unpaired) electrons. The SMILES string of the molecule is FC(F)(F)c1cccc(Oc2nc(CN3CCOCC3)nc3sc4c(c23)CCC4)c1. The first kappa shape index (κ1) is 19.7. The second-order valence-corrected chi connectivity index (χ2v) is 8.58. The number of thiophene rings is 1. The van der Waals surface area contributed by atoms with Crippen LogP contribution in [0.5, 0.6) is 11.6 Å². The summed E-state index contributed by atoms with van der Waals surface area (Å²) in [5.41, 5.74) is 0.435. The summed E-state index contributed by atoms with van der Waals surface area (Å²) in [6.07, 6.45) is -1.44. The van der Waals surface area contributed by atoms with E-state index in [1.165, 1.54) is 22.6 Å². The number of rotatable bonds is 4. The lowest BCUT2D eigenvalue weighted by molar-refractivity contribution is -0.137. The zero-order valence-electron chi connectivity index (χ0n) is 16.2. The number of nitrogens with zero attached hydrogens (tertiary/aromatic N) is 3. The van der Waals surface area contributed by atoms with E-state index in [-0.39, 0.29) is 5.75 Å². The van der Waals surface area contributed by atoms with Crippen molar-refractivity contribution < 1.29 is 22.6 Å². The van der Waals surface area contributed by atoms with Gasteiger partial charge in [0, 0.05) is 18.0 Å². The minimum Gasteiger partial charge on any atom is -0.438 e. The number of alkyl halides is 3. The molecule has 1 aromatic carbocycles. The van der Waals surface area contributed by atoms with E-state index < -0.39 is 11.7 Å². The summed E-state index contributed by atoms with van der Waals surface area (Å²) < 4.78 is 50.7. The van der Waals surface area contributed by atoms with Gasteiger partial charge in [-0.15, -0.1) is 11.3 Å². The van der Waals surface area contributed by atoms with Gasteiger partial charge in [0.2, 0.25) is 5.88 Å². The molecule has 0 spiro atoms. The predicted octanol–water partition coefficient (Wildman–Crippen LogP) is 4.82. The van der Waals surface area contributed by atoms with Crippen LogP contribution >= 0.6 is 11.3 Å². The third kappa shape index (κ3) is 3.89. The van der Waals surface area contributed by atoms with Crippen LogP contribution in [-0.2, 0) is 30.3 Å². The monoisotopic (exact) mass is 435 g/mol. The predicted molar refractivity (Wildman–Crippen MR) is 107 cm³/mol. The summed E-state index contributed by atoms with van der Waals surface area (Å²) in [5.74, 6) is 1.09. The first-order valence-electron chi connectivity index (χ1n) is 9.94. The van der Waals surface area contributed by atoms with Gasteiger partial charge in [0.1, 0.15) is 16.4 Å². The van der Waals surface area contributed by atoms with E-state index in [1.54, 1.807) is 11.3 Å². The zero-order valence-corrected chi connectivity index (χ0v) is 17.0. The maximum atomic E-state index is 13.1. The van der Waals surface area contributed by atoms with Gasteiger partial charge >= 0.3 is 6.18 Å². The van der Waals surface area contributed by atoms with Crippen LogP contribution in [0.15, 0.2) is 24.3 Å². The molecule has 5 rings (SSSR count). The van der Waals surface area contributed by atoms with Crippen LogP contribution < -0.4 is 4.74 Å². The molecule has 0 bridgehead atoms. The van der Waals surface area contributed by atoms with E-state index in [0.29, 0.717) is 31.5 Å². The van der Waals surface area contributed by atoms with Crippen LogP contribution in [0, 0.1) is 0 Å². The fourth-order valence-corrected chi connectivity index (χ4v) is 5.23. The van der Waals surface area contributed by atoms with Crippen molar-refractivity contribution in [2.24, 2.45) is 0 Å². The second kappa shape index (κ2) is 7.79. The highest BCUT2D eigenvalue weighted by atomic mass is 32.1. The van der Waals surface area contributed by atoms with Crippen molar-refractivity contribution in [3.8, 4) is 11.6 Å². The molecule has 30 heavy (non-hydrogen) atoms. The lowest BCUT2D eigenvalue weighted by atomic mass is 10.2. The van der Waals surface area contributed by atoms with Crippen LogP contribution in [-0.4, -0.2) is 41.2 Å². The van der Waals surface area contributed by atoms with Gasteiger partial charge in [-0.1, -0.05) is 6.07 Å². The quantitative estimate of drug-likeness (QED) is 0.588. The van der Waals surface area contributed by atoms with Crippen LogP contribution in [0.4, 0.5) is 13.2 Å². The molecule has 1 fully saturated rings. The lowest BCUT2D eigenvalue weighted by Crippen LogP contribution is -2.36. The molecule has 3 aromatic rings. The molecule has 1 saturated heterocycles. The van der Waals surface area contributed by atoms with E-state index in [4.69, 9.17) is 14.5 Å². The fraction of sp³-hybridized carbons (Fsp3) is 0.429. The minimum absolute atomic E-state index is 0.125. The molecule has 2 aliphatic rings. The van der Waals surface area contributed by atoms with Gasteiger partial charge in [0.15, 0.2) is 0 Å². The number of halogens is 3. The number of fused-ring (bicyclic) bond motifs is 3. The Labute approximate surface area is 175 Å². The van der Waals surface area contributed by atoms with Crippen molar-refractivity contribution in [2.45, 2.75) is 32.0 Å². The maximum absolute atomic E-state index is 13.1. The zero-order chi connectivity index (χ0) is 20.7. The van der Waals surface area contributed by atoms with Crippen molar-refractivity contribution in [1.29, 1.82) is 0 Å². The molecule has 0 N–H and O–H groups in total. The van der Waals surface area contributed by atoms with Gasteiger partial charge < -0.3 is 9.47 Å². The number of hydrogen-bond donors (Lipinski definition) is 0. The summed E-state index contributed by atoms with van der Waals surface area (Å²) in [6, 6.07) is 4.93. The molecule has 0 amide bonds. The lowest BCUT2D eigenvalue weighted by Gasteiger charge is -2.25. The highest BCUT2D eigenvalue weighted by molar-refractivity contribution is 7.19. The normalized spacial score (nSPS) is 17.4. The molecule has 5 nitrogen and oxygen atoms in total. The summed E-state index contributed by atoms with van der Waals surface area (Å²) in [7, 11) is 0. The Hall–Kier alpha value is -2.23. The highest BCUT2D eigenvalue weighted by Gasteiger charge is 2.31. The standard InChI is InChI=1S/C21H20F3N3O2S/c22-21(23,24)13-3-1-4-14(11-13)29-19-18-15-5-2-6-16(15)30-20(18)26-17(25-19)12-27-7-9-28-10-8-27/h1,3-4,11H,2,5-10,12H2. The molecule has 0 saturated carbocycles. The van der Waals surface area contributed by atoms with E-state index in [2.05, 4.69) is 9.88 Å². The first-order valence-corrected chi connectivity index (χ1v) is 10.8. The van der Waals surface area contributed by atoms with Crippen molar-refractivity contribution in [1.82, 2.24) is 14.9 Å². The number of hydrogen-bond acceptors (Lipinski definition) is 6. The van der Waals surface area contributed by atoms with Crippen molar-refractivity contribution >= 4 is 21.6 Å². The summed E-state index contributed by atoms with van der Waals surface area (Å²) in [4.78, 5) is 13.7. The third-order valence-corrected chi connectivity index (χ3v) is 6.61. The molecule has 0 unspecified atom stereocenters. The maximum Gasteiger partial charge on any atom is 0.416 e. The van der Waals surface area contributed by atoms with E-state index in [1.807, 2.05) is 0 Å². The van der Waals surface area contributed by atoms with Crippen molar-refractivity contribution in [2.75, 3.05) is 26.3 Å². The highest BCUT2D eigenvalue weighted by Crippen LogP contribution is 2.42. The largest absolute Gasteiger partial charge is 0.438 e. The summed E-state index contributed by atoms with van der Waals surface area (Å²) in [6.45, 7) is 3.49. The molecular weight excluding hydrogens is 415 g/mol. The van der Waals surface area contributed by atoms with Gasteiger partial charge in [-0.05, 0) is 43.0 Å². The smallest absolute Gasteiger partial charge is 0.416 e. The second-order valence-electron chi connectivity index (χ2n) is 7.50. The van der Waals surface area contributed by atoms with Crippen LogP contribution in [0.1, 0.15) is 28.2 Å². The molecule has 2 aromatic heterocycles. The molecule has 1 aliphatic carbocycles. The van der Waals surface area contributed by atoms with Gasteiger partial charge in [0.05, 0.1) is 30.7 Å². The van der Waals surface area contributed by atoms with Gasteiger partial charge in [-0.25, -0.2) is 4.98 Å². The average molecular weight is 435 g/mol. The number of benzene rings is 1. The fourth-order valence-electron chi connectivity index (χ4n) is 3.96. The summed E-state index contributed by atoms with van der Waals surface area (Å²) in [5, 5.41) is 0.843. The third-order valence-electron chi connectivity index (χ3n) is 5.42. The molecule has 0 atom stereocenters. The molecule has 9 heteroatoms. The number of aryl methyl sites for hydroxylation is 2. The van der Waals surface area contributed by atoms with Crippen molar-refractivity contribution in [3.05, 3.63) is 46.1 Å². The van der Waals surface area contributed by atoms with Crippen LogP contribution in [0.3, 0.4) is 0 Å². The van der Waals surface area contributed by atoms with E-state index in [0.717, 1.165) is 54.7 Å². The van der Waals surface area contributed by atoms with E-state index >= 15 is 0 Å². The Bertz CT molecular complexity index is 1080. The Morgan fingerprint density at radius 2 is 1.97 bits per heavy atom.